The van der Waals surface area contributed by atoms with Gasteiger partial charge in [0, 0.05) is 24.8 Å². The molecule has 4 heteroatoms. The van der Waals surface area contributed by atoms with Crippen LogP contribution < -0.4 is 10.6 Å². The predicted molar refractivity (Wildman–Crippen MR) is 69.0 cm³/mol. The van der Waals surface area contributed by atoms with Gasteiger partial charge in [0.25, 0.3) is 0 Å². The van der Waals surface area contributed by atoms with Crippen molar-refractivity contribution in [3.8, 4) is 0 Å². The van der Waals surface area contributed by atoms with Crippen molar-refractivity contribution in [2.75, 3.05) is 19.0 Å². The SMILES string of the molecule is CC[C@@H](O)[C@@H](N)c1ccc(N(C)C)cc1Cl. The first kappa shape index (κ1) is 13.3. The molecule has 2 atom stereocenters. The normalized spacial score (nSPS) is 14.6. The highest BCUT2D eigenvalue weighted by atomic mass is 35.5. The van der Waals surface area contributed by atoms with Gasteiger partial charge in [-0.2, -0.15) is 0 Å². The lowest BCUT2D eigenvalue weighted by Gasteiger charge is -2.20. The van der Waals surface area contributed by atoms with Gasteiger partial charge in [-0.1, -0.05) is 24.6 Å². The minimum absolute atomic E-state index is 0.422. The average Bonchev–Trinajstić information content (AvgIpc) is 2.26. The molecule has 1 aromatic rings. The largest absolute Gasteiger partial charge is 0.391 e. The van der Waals surface area contributed by atoms with Crippen molar-refractivity contribution in [3.05, 3.63) is 28.8 Å². The van der Waals surface area contributed by atoms with Crippen LogP contribution in [-0.2, 0) is 0 Å². The molecule has 0 unspecified atom stereocenters. The van der Waals surface area contributed by atoms with Gasteiger partial charge in [0.1, 0.15) is 0 Å². The maximum Gasteiger partial charge on any atom is 0.0730 e. The lowest BCUT2D eigenvalue weighted by molar-refractivity contribution is 0.141. The van der Waals surface area contributed by atoms with Gasteiger partial charge in [-0.25, -0.2) is 0 Å². The molecule has 0 amide bonds. The van der Waals surface area contributed by atoms with Crippen LogP contribution >= 0.6 is 11.6 Å². The molecule has 0 aliphatic heterocycles. The van der Waals surface area contributed by atoms with Gasteiger partial charge in [0.2, 0.25) is 0 Å². The second-order valence-corrected chi connectivity index (χ2v) is 4.51. The molecule has 0 aromatic heterocycles. The van der Waals surface area contributed by atoms with Gasteiger partial charge in [-0.05, 0) is 24.1 Å². The quantitative estimate of drug-likeness (QED) is 0.851. The Hall–Kier alpha value is -0.770. The predicted octanol–water partition coefficient (Wildman–Crippen LogP) is 2.18. The second-order valence-electron chi connectivity index (χ2n) is 4.10. The van der Waals surface area contributed by atoms with Gasteiger partial charge in [-0.15, -0.1) is 0 Å². The van der Waals surface area contributed by atoms with E-state index in [9.17, 15) is 5.11 Å². The average molecular weight is 243 g/mol. The highest BCUT2D eigenvalue weighted by Crippen LogP contribution is 2.28. The molecule has 0 aliphatic rings. The number of nitrogens with zero attached hydrogens (tertiary/aromatic N) is 1. The summed E-state index contributed by atoms with van der Waals surface area (Å²) in [6.07, 6.45) is 0.0649. The van der Waals surface area contributed by atoms with E-state index in [-0.39, 0.29) is 0 Å². The monoisotopic (exact) mass is 242 g/mol. The summed E-state index contributed by atoms with van der Waals surface area (Å²) < 4.78 is 0. The smallest absolute Gasteiger partial charge is 0.0730 e. The van der Waals surface area contributed by atoms with E-state index in [0.29, 0.717) is 11.4 Å². The first-order chi connectivity index (χ1) is 7.47. The van der Waals surface area contributed by atoms with E-state index >= 15 is 0 Å². The molecule has 1 aromatic carbocycles. The van der Waals surface area contributed by atoms with E-state index in [4.69, 9.17) is 17.3 Å². The lowest BCUT2D eigenvalue weighted by atomic mass is 10.0. The summed E-state index contributed by atoms with van der Waals surface area (Å²) in [6, 6.07) is 5.26. The zero-order valence-corrected chi connectivity index (χ0v) is 10.7. The van der Waals surface area contributed by atoms with Crippen LogP contribution in [0, 0.1) is 0 Å². The number of anilines is 1. The standard InChI is InChI=1S/C12H19ClN2O/c1-4-11(16)12(14)9-6-5-8(15(2)3)7-10(9)13/h5-7,11-12,16H,4,14H2,1-3H3/t11-,12+/m1/s1. The van der Waals surface area contributed by atoms with E-state index < -0.39 is 12.1 Å². The number of rotatable bonds is 4. The minimum Gasteiger partial charge on any atom is -0.391 e. The Bertz CT molecular complexity index is 355. The Kier molecular flexibility index (Phi) is 4.59. The molecule has 0 fully saturated rings. The Morgan fingerprint density at radius 3 is 2.50 bits per heavy atom. The third kappa shape index (κ3) is 2.88. The van der Waals surface area contributed by atoms with Crippen LogP contribution in [0.5, 0.6) is 0 Å². The zero-order chi connectivity index (χ0) is 12.3. The van der Waals surface area contributed by atoms with Crippen LogP contribution in [0.2, 0.25) is 5.02 Å². The van der Waals surface area contributed by atoms with Crippen molar-refractivity contribution in [1.82, 2.24) is 0 Å². The number of hydrogen-bond donors (Lipinski definition) is 2. The first-order valence-electron chi connectivity index (χ1n) is 5.37. The molecule has 16 heavy (non-hydrogen) atoms. The van der Waals surface area contributed by atoms with Crippen LogP contribution in [0.3, 0.4) is 0 Å². The summed E-state index contributed by atoms with van der Waals surface area (Å²) in [4.78, 5) is 1.97. The molecule has 0 saturated carbocycles. The molecule has 0 aliphatic carbocycles. The number of aliphatic hydroxyl groups excluding tert-OH is 1. The van der Waals surface area contributed by atoms with Gasteiger partial charge in [0.15, 0.2) is 0 Å². The summed E-state index contributed by atoms with van der Waals surface area (Å²) in [5.41, 5.74) is 7.74. The number of aliphatic hydroxyl groups is 1. The van der Waals surface area contributed by atoms with Gasteiger partial charge in [-0.3, -0.25) is 0 Å². The fourth-order valence-corrected chi connectivity index (χ4v) is 1.83. The highest BCUT2D eigenvalue weighted by molar-refractivity contribution is 6.31. The fourth-order valence-electron chi connectivity index (χ4n) is 1.53. The molecule has 3 nitrogen and oxygen atoms in total. The van der Waals surface area contributed by atoms with Crippen LogP contribution in [0.1, 0.15) is 24.9 Å². The van der Waals surface area contributed by atoms with Crippen molar-refractivity contribution in [2.24, 2.45) is 5.73 Å². The molecule has 90 valence electrons. The molecule has 0 saturated heterocycles. The van der Waals surface area contributed by atoms with Crippen LogP contribution in [0.15, 0.2) is 18.2 Å². The van der Waals surface area contributed by atoms with Gasteiger partial charge in [0.05, 0.1) is 12.1 Å². The molecular formula is C12H19ClN2O. The third-order valence-corrected chi connectivity index (χ3v) is 3.02. The molecular weight excluding hydrogens is 224 g/mol. The molecule has 0 heterocycles. The fraction of sp³-hybridized carbons (Fsp3) is 0.500. The third-order valence-electron chi connectivity index (χ3n) is 2.69. The number of hydrogen-bond acceptors (Lipinski definition) is 3. The topological polar surface area (TPSA) is 49.5 Å². The van der Waals surface area contributed by atoms with E-state index in [0.717, 1.165) is 11.3 Å². The van der Waals surface area contributed by atoms with Crippen molar-refractivity contribution >= 4 is 17.3 Å². The van der Waals surface area contributed by atoms with Crippen molar-refractivity contribution in [2.45, 2.75) is 25.5 Å². The van der Waals surface area contributed by atoms with E-state index in [1.807, 2.05) is 44.1 Å². The van der Waals surface area contributed by atoms with Gasteiger partial charge >= 0.3 is 0 Å². The van der Waals surface area contributed by atoms with Crippen LogP contribution in [0.4, 0.5) is 5.69 Å². The van der Waals surface area contributed by atoms with Crippen molar-refractivity contribution in [1.29, 1.82) is 0 Å². The Balaban J connectivity index is 2.99. The number of nitrogens with two attached hydrogens (primary N) is 1. The molecule has 1 rings (SSSR count). The van der Waals surface area contributed by atoms with E-state index in [2.05, 4.69) is 0 Å². The van der Waals surface area contributed by atoms with E-state index in [1.54, 1.807) is 0 Å². The van der Waals surface area contributed by atoms with Crippen LogP contribution in [-0.4, -0.2) is 25.3 Å². The lowest BCUT2D eigenvalue weighted by Crippen LogP contribution is -2.25. The van der Waals surface area contributed by atoms with Crippen molar-refractivity contribution in [3.63, 3.8) is 0 Å². The number of halogens is 1. The molecule has 0 spiro atoms. The summed E-state index contributed by atoms with van der Waals surface area (Å²) in [5, 5.41) is 10.3. The van der Waals surface area contributed by atoms with Gasteiger partial charge < -0.3 is 15.7 Å². The molecule has 0 bridgehead atoms. The molecule has 0 radical (unpaired) electrons. The summed E-state index contributed by atoms with van der Waals surface area (Å²) in [7, 11) is 3.90. The molecule has 3 N–H and O–H groups in total. The van der Waals surface area contributed by atoms with Crippen molar-refractivity contribution < 1.29 is 5.11 Å². The maximum absolute atomic E-state index is 9.69. The van der Waals surface area contributed by atoms with Crippen LogP contribution in [0.25, 0.3) is 0 Å². The zero-order valence-electron chi connectivity index (χ0n) is 9.94. The summed E-state index contributed by atoms with van der Waals surface area (Å²) >= 11 is 6.15. The second kappa shape index (κ2) is 5.53. The minimum atomic E-state index is -0.553. The Morgan fingerprint density at radius 1 is 1.44 bits per heavy atom. The highest BCUT2D eigenvalue weighted by Gasteiger charge is 2.17. The van der Waals surface area contributed by atoms with E-state index in [1.165, 1.54) is 0 Å². The summed E-state index contributed by atoms with van der Waals surface area (Å²) in [6.45, 7) is 1.90. The number of benzene rings is 1. The first-order valence-corrected chi connectivity index (χ1v) is 5.75. The Morgan fingerprint density at radius 2 is 2.06 bits per heavy atom. The maximum atomic E-state index is 9.69. The Labute approximate surface area is 102 Å². The summed E-state index contributed by atoms with van der Waals surface area (Å²) in [5.74, 6) is 0.